The van der Waals surface area contributed by atoms with Gasteiger partial charge in [-0.15, -0.1) is 0 Å². The Bertz CT molecular complexity index is 487. The summed E-state index contributed by atoms with van der Waals surface area (Å²) in [4.78, 5) is 6.79. The van der Waals surface area contributed by atoms with Crippen molar-refractivity contribution >= 4 is 5.96 Å². The molecule has 4 heteroatoms. The Morgan fingerprint density at radius 2 is 2.09 bits per heavy atom. The van der Waals surface area contributed by atoms with E-state index in [1.165, 1.54) is 17.5 Å². The number of hydrogen-bond donors (Lipinski definition) is 1. The van der Waals surface area contributed by atoms with Gasteiger partial charge in [0.05, 0.1) is 6.61 Å². The summed E-state index contributed by atoms with van der Waals surface area (Å²) in [6.45, 7) is 8.86. The Hall–Kier alpha value is -1.55. The fourth-order valence-electron chi connectivity index (χ4n) is 3.03. The molecule has 122 valence electrons. The van der Waals surface area contributed by atoms with Crippen molar-refractivity contribution in [3.8, 4) is 0 Å². The van der Waals surface area contributed by atoms with E-state index < -0.39 is 0 Å². The van der Waals surface area contributed by atoms with E-state index in [0.29, 0.717) is 5.92 Å². The number of nitrogens with one attached hydrogen (secondary N) is 1. The van der Waals surface area contributed by atoms with Crippen molar-refractivity contribution in [3.05, 3.63) is 35.4 Å². The Kier molecular flexibility index (Phi) is 6.72. The lowest BCUT2D eigenvalue weighted by Crippen LogP contribution is -2.40. The van der Waals surface area contributed by atoms with Crippen molar-refractivity contribution in [2.75, 3.05) is 33.4 Å². The highest BCUT2D eigenvalue weighted by Crippen LogP contribution is 2.17. The van der Waals surface area contributed by atoms with Gasteiger partial charge < -0.3 is 15.0 Å². The van der Waals surface area contributed by atoms with Crippen LogP contribution in [0.15, 0.2) is 29.3 Å². The van der Waals surface area contributed by atoms with Crippen LogP contribution >= 0.6 is 0 Å². The quantitative estimate of drug-likeness (QED) is 0.648. The number of ether oxygens (including phenoxy) is 1. The van der Waals surface area contributed by atoms with Gasteiger partial charge in [0, 0.05) is 39.2 Å². The second kappa shape index (κ2) is 8.79. The van der Waals surface area contributed by atoms with Crippen LogP contribution in [-0.4, -0.2) is 44.2 Å². The van der Waals surface area contributed by atoms with Crippen LogP contribution < -0.4 is 5.32 Å². The monoisotopic (exact) mass is 303 g/mol. The molecule has 0 aromatic heterocycles. The molecule has 0 saturated carbocycles. The van der Waals surface area contributed by atoms with Gasteiger partial charge in [0.2, 0.25) is 0 Å². The van der Waals surface area contributed by atoms with Gasteiger partial charge in [0.1, 0.15) is 0 Å². The Balaban J connectivity index is 1.88. The van der Waals surface area contributed by atoms with Gasteiger partial charge in [-0.05, 0) is 30.9 Å². The molecule has 1 heterocycles. The van der Waals surface area contributed by atoms with Crippen LogP contribution in [-0.2, 0) is 17.7 Å². The maximum Gasteiger partial charge on any atom is 0.193 e. The zero-order chi connectivity index (χ0) is 15.8. The molecule has 1 aliphatic heterocycles. The SMILES string of the molecule is CCOCC1CCN(C(=NC)NCc2ccccc2CC)C1. The molecular formula is C18H29N3O. The highest BCUT2D eigenvalue weighted by atomic mass is 16.5. The largest absolute Gasteiger partial charge is 0.381 e. The van der Waals surface area contributed by atoms with Gasteiger partial charge in [0.15, 0.2) is 5.96 Å². The van der Waals surface area contributed by atoms with E-state index in [9.17, 15) is 0 Å². The molecule has 22 heavy (non-hydrogen) atoms. The van der Waals surface area contributed by atoms with Crippen LogP contribution in [0.3, 0.4) is 0 Å². The van der Waals surface area contributed by atoms with Gasteiger partial charge in [-0.2, -0.15) is 0 Å². The average Bonchev–Trinajstić information content (AvgIpc) is 3.02. The number of nitrogens with zero attached hydrogens (tertiary/aromatic N) is 2. The Morgan fingerprint density at radius 1 is 1.32 bits per heavy atom. The first-order valence-electron chi connectivity index (χ1n) is 8.38. The molecule has 1 atom stereocenters. The molecule has 1 N–H and O–H groups in total. The van der Waals surface area contributed by atoms with Gasteiger partial charge in [-0.1, -0.05) is 31.2 Å². The first-order valence-corrected chi connectivity index (χ1v) is 8.38. The van der Waals surface area contributed by atoms with Crippen LogP contribution in [0.2, 0.25) is 0 Å². The van der Waals surface area contributed by atoms with E-state index in [-0.39, 0.29) is 0 Å². The van der Waals surface area contributed by atoms with Gasteiger partial charge in [0.25, 0.3) is 0 Å². The number of rotatable bonds is 6. The molecule has 1 saturated heterocycles. The molecule has 1 fully saturated rings. The first kappa shape index (κ1) is 16.8. The summed E-state index contributed by atoms with van der Waals surface area (Å²) in [5.41, 5.74) is 2.76. The molecule has 1 aromatic carbocycles. The van der Waals surface area contributed by atoms with Crippen LogP contribution in [0.4, 0.5) is 0 Å². The van der Waals surface area contributed by atoms with Gasteiger partial charge >= 0.3 is 0 Å². The van der Waals surface area contributed by atoms with Crippen LogP contribution in [0.1, 0.15) is 31.4 Å². The van der Waals surface area contributed by atoms with Crippen molar-refractivity contribution in [1.82, 2.24) is 10.2 Å². The third kappa shape index (κ3) is 4.47. The third-order valence-corrected chi connectivity index (χ3v) is 4.29. The maximum absolute atomic E-state index is 5.55. The van der Waals surface area contributed by atoms with Crippen LogP contribution in [0.25, 0.3) is 0 Å². The van der Waals surface area contributed by atoms with Gasteiger partial charge in [-0.3, -0.25) is 4.99 Å². The summed E-state index contributed by atoms with van der Waals surface area (Å²) in [7, 11) is 1.87. The Morgan fingerprint density at radius 3 is 2.77 bits per heavy atom. The fraction of sp³-hybridized carbons (Fsp3) is 0.611. The molecular weight excluding hydrogens is 274 g/mol. The lowest BCUT2D eigenvalue weighted by Gasteiger charge is -2.22. The number of benzene rings is 1. The minimum Gasteiger partial charge on any atom is -0.381 e. The number of aryl methyl sites for hydroxylation is 1. The molecule has 2 rings (SSSR count). The molecule has 0 spiro atoms. The van der Waals surface area contributed by atoms with E-state index >= 15 is 0 Å². The molecule has 1 aliphatic rings. The van der Waals surface area contributed by atoms with Crippen LogP contribution in [0.5, 0.6) is 0 Å². The Labute approximate surface area is 134 Å². The van der Waals surface area contributed by atoms with Crippen molar-refractivity contribution in [3.63, 3.8) is 0 Å². The van der Waals surface area contributed by atoms with E-state index in [4.69, 9.17) is 4.74 Å². The maximum atomic E-state index is 5.55. The normalized spacial score (nSPS) is 18.8. The number of likely N-dealkylation sites (tertiary alicyclic amines) is 1. The number of guanidine groups is 1. The number of aliphatic imine (C=N–C) groups is 1. The summed E-state index contributed by atoms with van der Waals surface area (Å²) in [6, 6.07) is 8.61. The second-order valence-corrected chi connectivity index (χ2v) is 5.78. The number of hydrogen-bond acceptors (Lipinski definition) is 2. The summed E-state index contributed by atoms with van der Waals surface area (Å²) < 4.78 is 5.55. The summed E-state index contributed by atoms with van der Waals surface area (Å²) in [5, 5.41) is 3.51. The molecule has 1 unspecified atom stereocenters. The topological polar surface area (TPSA) is 36.9 Å². The van der Waals surface area contributed by atoms with E-state index in [1.807, 2.05) is 7.05 Å². The van der Waals surface area contributed by atoms with Crippen molar-refractivity contribution < 1.29 is 4.74 Å². The van der Waals surface area contributed by atoms with Crippen molar-refractivity contribution in [1.29, 1.82) is 0 Å². The average molecular weight is 303 g/mol. The molecule has 1 aromatic rings. The van der Waals surface area contributed by atoms with Crippen molar-refractivity contribution in [2.24, 2.45) is 10.9 Å². The predicted octanol–water partition coefficient (Wildman–Crippen LogP) is 2.68. The molecule has 4 nitrogen and oxygen atoms in total. The molecule has 0 amide bonds. The third-order valence-electron chi connectivity index (χ3n) is 4.29. The lowest BCUT2D eigenvalue weighted by molar-refractivity contribution is 0.114. The lowest BCUT2D eigenvalue weighted by atomic mass is 10.1. The zero-order valence-corrected chi connectivity index (χ0v) is 14.1. The summed E-state index contributed by atoms with van der Waals surface area (Å²) in [5.74, 6) is 1.63. The zero-order valence-electron chi connectivity index (χ0n) is 14.1. The smallest absolute Gasteiger partial charge is 0.193 e. The van der Waals surface area contributed by atoms with Gasteiger partial charge in [-0.25, -0.2) is 0 Å². The van der Waals surface area contributed by atoms with Crippen molar-refractivity contribution in [2.45, 2.75) is 33.2 Å². The predicted molar refractivity (Wildman–Crippen MR) is 92.2 cm³/mol. The highest BCUT2D eigenvalue weighted by Gasteiger charge is 2.24. The first-order chi connectivity index (χ1) is 10.8. The molecule has 0 radical (unpaired) electrons. The highest BCUT2D eigenvalue weighted by molar-refractivity contribution is 5.80. The van der Waals surface area contributed by atoms with E-state index in [0.717, 1.165) is 45.2 Å². The molecule has 0 aliphatic carbocycles. The minimum atomic E-state index is 0.626. The van der Waals surface area contributed by atoms with E-state index in [1.54, 1.807) is 0 Å². The second-order valence-electron chi connectivity index (χ2n) is 5.78. The van der Waals surface area contributed by atoms with E-state index in [2.05, 4.69) is 53.3 Å². The van der Waals surface area contributed by atoms with Crippen LogP contribution in [0, 0.1) is 5.92 Å². The molecule has 0 bridgehead atoms. The summed E-state index contributed by atoms with van der Waals surface area (Å²) >= 11 is 0. The fourth-order valence-corrected chi connectivity index (χ4v) is 3.03. The minimum absolute atomic E-state index is 0.626. The summed E-state index contributed by atoms with van der Waals surface area (Å²) in [6.07, 6.45) is 2.25. The standard InChI is InChI=1S/C18H29N3O/c1-4-16-8-6-7-9-17(16)12-20-18(19-3)21-11-10-15(13-21)14-22-5-2/h6-9,15H,4-5,10-14H2,1-3H3,(H,19,20).